The monoisotopic (exact) mass is 291 g/mol. The van der Waals surface area contributed by atoms with Crippen molar-refractivity contribution >= 4 is 17.7 Å². The van der Waals surface area contributed by atoms with E-state index in [1.165, 1.54) is 11.8 Å². The molecule has 0 saturated carbocycles. The van der Waals surface area contributed by atoms with Crippen molar-refractivity contribution < 1.29 is 4.79 Å². The van der Waals surface area contributed by atoms with Gasteiger partial charge in [-0.3, -0.25) is 9.78 Å². The normalized spacial score (nSPS) is 10.5. The Bertz CT molecular complexity index is 569. The molecule has 7 heteroatoms. The zero-order valence-electron chi connectivity index (χ0n) is 11.5. The molecule has 2 heterocycles. The van der Waals surface area contributed by atoms with Gasteiger partial charge >= 0.3 is 0 Å². The largest absolute Gasteiger partial charge is 0.358 e. The summed E-state index contributed by atoms with van der Waals surface area (Å²) in [5.41, 5.74) is 0.979. The molecular weight excluding hydrogens is 274 g/mol. The minimum atomic E-state index is -0.0218. The minimum absolute atomic E-state index is 0.0218. The lowest BCUT2D eigenvalue weighted by atomic mass is 10.2. The van der Waals surface area contributed by atoms with Crippen LogP contribution in [-0.2, 0) is 11.3 Å². The number of hydrogen-bond acceptors (Lipinski definition) is 5. The van der Waals surface area contributed by atoms with Crippen LogP contribution >= 0.6 is 11.8 Å². The number of aromatic nitrogens is 4. The second kappa shape index (κ2) is 7.04. The average Bonchev–Trinajstić information content (AvgIpc) is 2.89. The van der Waals surface area contributed by atoms with E-state index in [0.29, 0.717) is 5.75 Å². The standard InChI is InChI=1S/C13H17N5OS/c1-3-8-18-12(10-4-6-15-7-5-10)16-17-13(18)20-9-11(19)14-2/h4-7H,3,8-9H2,1-2H3,(H,14,19). The molecule has 0 bridgehead atoms. The van der Waals surface area contributed by atoms with Crippen LogP contribution in [0.2, 0.25) is 0 Å². The molecule has 0 aliphatic heterocycles. The third kappa shape index (κ3) is 3.36. The van der Waals surface area contributed by atoms with E-state index in [2.05, 4.69) is 27.4 Å². The lowest BCUT2D eigenvalue weighted by Gasteiger charge is -2.08. The van der Waals surface area contributed by atoms with E-state index >= 15 is 0 Å². The van der Waals surface area contributed by atoms with Crippen molar-refractivity contribution in [1.82, 2.24) is 25.1 Å². The first-order chi connectivity index (χ1) is 9.76. The number of thioether (sulfide) groups is 1. The number of pyridine rings is 1. The molecule has 0 aliphatic carbocycles. The van der Waals surface area contributed by atoms with Crippen molar-refractivity contribution in [3.8, 4) is 11.4 Å². The number of carbonyl (C=O) groups is 1. The van der Waals surface area contributed by atoms with Crippen LogP contribution in [0.3, 0.4) is 0 Å². The molecule has 0 radical (unpaired) electrons. The molecule has 0 fully saturated rings. The molecule has 1 amide bonds. The maximum Gasteiger partial charge on any atom is 0.230 e. The first-order valence-corrected chi connectivity index (χ1v) is 7.41. The summed E-state index contributed by atoms with van der Waals surface area (Å²) in [4.78, 5) is 15.3. The number of nitrogens with one attached hydrogen (secondary N) is 1. The summed E-state index contributed by atoms with van der Waals surface area (Å²) in [6.07, 6.45) is 4.44. The molecule has 20 heavy (non-hydrogen) atoms. The van der Waals surface area contributed by atoms with E-state index in [1.54, 1.807) is 19.4 Å². The van der Waals surface area contributed by atoms with E-state index < -0.39 is 0 Å². The van der Waals surface area contributed by atoms with Crippen molar-refractivity contribution in [2.45, 2.75) is 25.0 Å². The van der Waals surface area contributed by atoms with Gasteiger partial charge in [0, 0.05) is 31.5 Å². The van der Waals surface area contributed by atoms with Gasteiger partial charge in [-0.25, -0.2) is 0 Å². The minimum Gasteiger partial charge on any atom is -0.358 e. The van der Waals surface area contributed by atoms with E-state index in [-0.39, 0.29) is 5.91 Å². The summed E-state index contributed by atoms with van der Waals surface area (Å²) in [6.45, 7) is 2.92. The molecule has 0 aliphatic rings. The quantitative estimate of drug-likeness (QED) is 0.818. The average molecular weight is 291 g/mol. The van der Waals surface area contributed by atoms with Crippen LogP contribution in [0.4, 0.5) is 0 Å². The molecule has 1 N–H and O–H groups in total. The number of hydrogen-bond donors (Lipinski definition) is 1. The van der Waals surface area contributed by atoms with Crippen molar-refractivity contribution in [2.75, 3.05) is 12.8 Å². The summed E-state index contributed by atoms with van der Waals surface area (Å²) in [5.74, 6) is 1.13. The highest BCUT2D eigenvalue weighted by atomic mass is 32.2. The third-order valence-corrected chi connectivity index (χ3v) is 3.68. The molecule has 0 saturated heterocycles. The number of amides is 1. The summed E-state index contributed by atoms with van der Waals surface area (Å²) < 4.78 is 2.04. The molecule has 106 valence electrons. The van der Waals surface area contributed by atoms with Gasteiger partial charge in [-0.1, -0.05) is 18.7 Å². The maximum atomic E-state index is 11.3. The van der Waals surface area contributed by atoms with E-state index in [9.17, 15) is 4.79 Å². The predicted molar refractivity (Wildman–Crippen MR) is 78.3 cm³/mol. The lowest BCUT2D eigenvalue weighted by Crippen LogP contribution is -2.20. The Labute approximate surface area is 122 Å². The second-order valence-electron chi connectivity index (χ2n) is 4.16. The SMILES string of the molecule is CCCn1c(SCC(=O)NC)nnc1-c1ccncc1. The molecule has 2 aromatic heterocycles. The highest BCUT2D eigenvalue weighted by Crippen LogP contribution is 2.23. The molecule has 2 aromatic rings. The molecule has 2 rings (SSSR count). The van der Waals surface area contributed by atoms with Crippen LogP contribution in [0, 0.1) is 0 Å². The smallest absolute Gasteiger partial charge is 0.230 e. The number of rotatable bonds is 6. The fourth-order valence-corrected chi connectivity index (χ4v) is 2.57. The summed E-state index contributed by atoms with van der Waals surface area (Å²) >= 11 is 1.40. The third-order valence-electron chi connectivity index (χ3n) is 2.71. The fraction of sp³-hybridized carbons (Fsp3) is 0.385. The van der Waals surface area contributed by atoms with Crippen LogP contribution in [0.5, 0.6) is 0 Å². The Morgan fingerprint density at radius 3 is 2.75 bits per heavy atom. The predicted octanol–water partition coefficient (Wildman–Crippen LogP) is 1.59. The van der Waals surface area contributed by atoms with Gasteiger partial charge in [0.15, 0.2) is 11.0 Å². The van der Waals surface area contributed by atoms with E-state index in [4.69, 9.17) is 0 Å². The molecule has 0 spiro atoms. The molecular formula is C13H17N5OS. The van der Waals surface area contributed by atoms with Gasteiger partial charge in [0.1, 0.15) is 0 Å². The highest BCUT2D eigenvalue weighted by molar-refractivity contribution is 7.99. The Kier molecular flexibility index (Phi) is 5.11. The Morgan fingerprint density at radius 2 is 2.10 bits per heavy atom. The van der Waals surface area contributed by atoms with Gasteiger partial charge < -0.3 is 9.88 Å². The second-order valence-corrected chi connectivity index (χ2v) is 5.10. The summed E-state index contributed by atoms with van der Waals surface area (Å²) in [6, 6.07) is 3.81. The van der Waals surface area contributed by atoms with Crippen LogP contribution < -0.4 is 5.32 Å². The van der Waals surface area contributed by atoms with Crippen molar-refractivity contribution in [3.05, 3.63) is 24.5 Å². The highest BCUT2D eigenvalue weighted by Gasteiger charge is 2.14. The summed E-state index contributed by atoms with van der Waals surface area (Å²) in [5, 5.41) is 11.8. The number of nitrogens with zero attached hydrogens (tertiary/aromatic N) is 4. The lowest BCUT2D eigenvalue weighted by molar-refractivity contribution is -0.118. The Hall–Kier alpha value is -1.89. The Balaban J connectivity index is 2.25. The summed E-state index contributed by atoms with van der Waals surface area (Å²) in [7, 11) is 1.63. The van der Waals surface area contributed by atoms with Gasteiger partial charge in [0.2, 0.25) is 5.91 Å². The van der Waals surface area contributed by atoms with Gasteiger partial charge in [0.05, 0.1) is 5.75 Å². The van der Waals surface area contributed by atoms with Crippen molar-refractivity contribution in [1.29, 1.82) is 0 Å². The van der Waals surface area contributed by atoms with Crippen LogP contribution in [-0.4, -0.2) is 38.5 Å². The first-order valence-electron chi connectivity index (χ1n) is 6.43. The number of carbonyl (C=O) groups excluding carboxylic acids is 1. The molecule has 0 unspecified atom stereocenters. The van der Waals surface area contributed by atoms with Crippen LogP contribution in [0.25, 0.3) is 11.4 Å². The van der Waals surface area contributed by atoms with E-state index in [0.717, 1.165) is 29.5 Å². The topological polar surface area (TPSA) is 72.7 Å². The molecule has 0 atom stereocenters. The van der Waals surface area contributed by atoms with Gasteiger partial charge in [-0.05, 0) is 18.6 Å². The first kappa shape index (κ1) is 14.5. The van der Waals surface area contributed by atoms with Gasteiger partial charge in [0.25, 0.3) is 0 Å². The fourth-order valence-electron chi connectivity index (χ4n) is 1.74. The van der Waals surface area contributed by atoms with E-state index in [1.807, 2.05) is 16.7 Å². The molecule has 6 nitrogen and oxygen atoms in total. The van der Waals surface area contributed by atoms with Gasteiger partial charge in [-0.15, -0.1) is 10.2 Å². The Morgan fingerprint density at radius 1 is 1.35 bits per heavy atom. The zero-order valence-corrected chi connectivity index (χ0v) is 12.4. The van der Waals surface area contributed by atoms with Crippen LogP contribution in [0.15, 0.2) is 29.7 Å². The maximum absolute atomic E-state index is 11.3. The van der Waals surface area contributed by atoms with Crippen molar-refractivity contribution in [3.63, 3.8) is 0 Å². The zero-order chi connectivity index (χ0) is 14.4. The van der Waals surface area contributed by atoms with Gasteiger partial charge in [-0.2, -0.15) is 0 Å². The van der Waals surface area contributed by atoms with Crippen LogP contribution in [0.1, 0.15) is 13.3 Å². The van der Waals surface area contributed by atoms with Crippen molar-refractivity contribution in [2.24, 2.45) is 0 Å². The molecule has 0 aromatic carbocycles.